The van der Waals surface area contributed by atoms with E-state index in [4.69, 9.17) is 5.73 Å². The molecule has 0 spiro atoms. The van der Waals surface area contributed by atoms with Crippen molar-refractivity contribution in [1.82, 2.24) is 10.2 Å². The van der Waals surface area contributed by atoms with Gasteiger partial charge in [0, 0.05) is 6.54 Å². The number of amides is 1. The highest BCUT2D eigenvalue weighted by Gasteiger charge is 2.29. The Morgan fingerprint density at radius 2 is 1.80 bits per heavy atom. The molecule has 2 atom stereocenters. The number of nitrogens with one attached hydrogen (secondary N) is 1. The standard InChI is InChI=1S/C16H27N3O/c1-16(2,3)14(17)15(20)18-13(11-19(4)5)12-9-7-6-8-10-12/h6-10,13-14H,11,17H2,1-5H3,(H,18,20). The van der Waals surface area contributed by atoms with Crippen LogP contribution in [0.1, 0.15) is 32.4 Å². The first-order valence-electron chi connectivity index (χ1n) is 6.97. The molecule has 1 rings (SSSR count). The summed E-state index contributed by atoms with van der Waals surface area (Å²) in [5, 5.41) is 3.07. The van der Waals surface area contributed by atoms with Crippen molar-refractivity contribution in [2.24, 2.45) is 11.1 Å². The molecular weight excluding hydrogens is 250 g/mol. The number of carbonyl (C=O) groups is 1. The number of nitrogens with two attached hydrogens (primary N) is 1. The number of nitrogens with zero attached hydrogens (tertiary/aromatic N) is 1. The van der Waals surface area contributed by atoms with Gasteiger partial charge in [0.25, 0.3) is 0 Å². The van der Waals surface area contributed by atoms with Gasteiger partial charge in [0.05, 0.1) is 12.1 Å². The zero-order valence-electron chi connectivity index (χ0n) is 13.2. The topological polar surface area (TPSA) is 58.4 Å². The summed E-state index contributed by atoms with van der Waals surface area (Å²) in [7, 11) is 3.98. The summed E-state index contributed by atoms with van der Waals surface area (Å²) in [5.74, 6) is -0.104. The normalized spacial score (nSPS) is 14.9. The van der Waals surface area contributed by atoms with E-state index in [1.807, 2.05) is 65.2 Å². The smallest absolute Gasteiger partial charge is 0.237 e. The third-order valence-corrected chi connectivity index (χ3v) is 3.28. The Bertz CT molecular complexity index is 423. The highest BCUT2D eigenvalue weighted by atomic mass is 16.2. The molecule has 0 aliphatic rings. The summed E-state index contributed by atoms with van der Waals surface area (Å²) >= 11 is 0. The van der Waals surface area contributed by atoms with E-state index in [9.17, 15) is 4.79 Å². The molecular formula is C16H27N3O. The molecule has 112 valence electrons. The van der Waals surface area contributed by atoms with Crippen LogP contribution in [-0.2, 0) is 4.79 Å². The molecule has 0 aliphatic heterocycles. The first-order valence-corrected chi connectivity index (χ1v) is 6.97. The van der Waals surface area contributed by atoms with E-state index in [1.54, 1.807) is 0 Å². The molecule has 1 aromatic carbocycles. The summed E-state index contributed by atoms with van der Waals surface area (Å²) < 4.78 is 0. The second-order valence-electron chi connectivity index (χ2n) is 6.58. The van der Waals surface area contributed by atoms with Crippen molar-refractivity contribution >= 4 is 5.91 Å². The van der Waals surface area contributed by atoms with Gasteiger partial charge in [-0.25, -0.2) is 0 Å². The fraction of sp³-hybridized carbons (Fsp3) is 0.562. The van der Waals surface area contributed by atoms with Crippen LogP contribution in [0.15, 0.2) is 30.3 Å². The largest absolute Gasteiger partial charge is 0.347 e. The number of benzene rings is 1. The Balaban J connectivity index is 2.84. The quantitative estimate of drug-likeness (QED) is 0.862. The lowest BCUT2D eigenvalue weighted by molar-refractivity contribution is -0.125. The van der Waals surface area contributed by atoms with Crippen molar-refractivity contribution < 1.29 is 4.79 Å². The number of rotatable bonds is 5. The van der Waals surface area contributed by atoms with Gasteiger partial charge in [-0.3, -0.25) is 4.79 Å². The molecule has 2 unspecified atom stereocenters. The average molecular weight is 277 g/mol. The number of likely N-dealkylation sites (N-methyl/N-ethyl adjacent to an activating group) is 1. The van der Waals surface area contributed by atoms with E-state index in [0.717, 1.165) is 12.1 Å². The minimum Gasteiger partial charge on any atom is -0.347 e. The molecule has 3 N–H and O–H groups in total. The summed E-state index contributed by atoms with van der Waals surface area (Å²) in [6.45, 7) is 6.66. The van der Waals surface area contributed by atoms with Crippen LogP contribution in [0.5, 0.6) is 0 Å². The van der Waals surface area contributed by atoms with Gasteiger partial charge < -0.3 is 16.0 Å². The van der Waals surface area contributed by atoms with E-state index < -0.39 is 6.04 Å². The van der Waals surface area contributed by atoms with Gasteiger partial charge in [-0.15, -0.1) is 0 Å². The molecule has 0 saturated carbocycles. The van der Waals surface area contributed by atoms with Gasteiger partial charge in [0.1, 0.15) is 0 Å². The van der Waals surface area contributed by atoms with Crippen molar-refractivity contribution in [2.75, 3.05) is 20.6 Å². The maximum Gasteiger partial charge on any atom is 0.237 e. The highest BCUT2D eigenvalue weighted by Crippen LogP contribution is 2.19. The second kappa shape index (κ2) is 6.86. The molecule has 0 saturated heterocycles. The van der Waals surface area contributed by atoms with Crippen molar-refractivity contribution in [3.63, 3.8) is 0 Å². The Morgan fingerprint density at radius 1 is 1.25 bits per heavy atom. The van der Waals surface area contributed by atoms with Crippen LogP contribution in [0.25, 0.3) is 0 Å². The lowest BCUT2D eigenvalue weighted by Gasteiger charge is -2.29. The third-order valence-electron chi connectivity index (χ3n) is 3.28. The second-order valence-corrected chi connectivity index (χ2v) is 6.58. The Morgan fingerprint density at radius 3 is 2.25 bits per heavy atom. The predicted octanol–water partition coefficient (Wildman–Crippen LogP) is 1.78. The van der Waals surface area contributed by atoms with Crippen LogP contribution in [0.2, 0.25) is 0 Å². The molecule has 0 aromatic heterocycles. The minimum atomic E-state index is -0.518. The maximum atomic E-state index is 12.3. The molecule has 0 heterocycles. The van der Waals surface area contributed by atoms with Gasteiger partial charge in [-0.1, -0.05) is 51.1 Å². The van der Waals surface area contributed by atoms with Crippen molar-refractivity contribution in [3.05, 3.63) is 35.9 Å². The van der Waals surface area contributed by atoms with Crippen molar-refractivity contribution in [2.45, 2.75) is 32.9 Å². The third kappa shape index (κ3) is 4.94. The van der Waals surface area contributed by atoms with Crippen LogP contribution >= 0.6 is 0 Å². The van der Waals surface area contributed by atoms with Crippen LogP contribution in [0.4, 0.5) is 0 Å². The Labute approximate surface area is 122 Å². The van der Waals surface area contributed by atoms with Gasteiger partial charge in [0.15, 0.2) is 0 Å². The van der Waals surface area contributed by atoms with Crippen LogP contribution in [0.3, 0.4) is 0 Å². The molecule has 4 heteroatoms. The lowest BCUT2D eigenvalue weighted by atomic mass is 9.86. The summed E-state index contributed by atoms with van der Waals surface area (Å²) in [6.07, 6.45) is 0. The molecule has 1 amide bonds. The number of carbonyl (C=O) groups excluding carboxylic acids is 1. The fourth-order valence-electron chi connectivity index (χ4n) is 1.94. The highest BCUT2D eigenvalue weighted by molar-refractivity contribution is 5.82. The van der Waals surface area contributed by atoms with Crippen LogP contribution in [0, 0.1) is 5.41 Å². The molecule has 0 fully saturated rings. The molecule has 20 heavy (non-hydrogen) atoms. The Kier molecular flexibility index (Phi) is 5.72. The van der Waals surface area contributed by atoms with Crippen molar-refractivity contribution in [1.29, 1.82) is 0 Å². The van der Waals surface area contributed by atoms with E-state index in [1.165, 1.54) is 0 Å². The Hall–Kier alpha value is -1.39. The van der Waals surface area contributed by atoms with E-state index in [0.29, 0.717) is 0 Å². The predicted molar refractivity (Wildman–Crippen MR) is 83.3 cm³/mol. The molecule has 4 nitrogen and oxygen atoms in total. The van der Waals surface area contributed by atoms with Crippen LogP contribution < -0.4 is 11.1 Å². The maximum absolute atomic E-state index is 12.3. The average Bonchev–Trinajstić information content (AvgIpc) is 2.36. The SMILES string of the molecule is CN(C)CC(NC(=O)C(N)C(C)(C)C)c1ccccc1. The van der Waals surface area contributed by atoms with Gasteiger partial charge >= 0.3 is 0 Å². The summed E-state index contributed by atoms with van der Waals surface area (Å²) in [5.41, 5.74) is 6.87. The first-order chi connectivity index (χ1) is 9.21. The monoisotopic (exact) mass is 277 g/mol. The first kappa shape index (κ1) is 16.7. The zero-order chi connectivity index (χ0) is 15.3. The number of hydrogen-bond acceptors (Lipinski definition) is 3. The van der Waals surface area contributed by atoms with Crippen LogP contribution in [-0.4, -0.2) is 37.5 Å². The zero-order valence-corrected chi connectivity index (χ0v) is 13.2. The van der Waals surface area contributed by atoms with E-state index >= 15 is 0 Å². The summed E-state index contributed by atoms with van der Waals surface area (Å²) in [6, 6.07) is 9.41. The van der Waals surface area contributed by atoms with Gasteiger partial charge in [-0.2, -0.15) is 0 Å². The van der Waals surface area contributed by atoms with Gasteiger partial charge in [-0.05, 0) is 25.1 Å². The minimum absolute atomic E-state index is 0.0490. The number of hydrogen-bond donors (Lipinski definition) is 2. The summed E-state index contributed by atoms with van der Waals surface area (Å²) in [4.78, 5) is 14.4. The molecule has 0 aliphatic carbocycles. The molecule has 0 radical (unpaired) electrons. The van der Waals surface area contributed by atoms with E-state index in [-0.39, 0.29) is 17.4 Å². The lowest BCUT2D eigenvalue weighted by Crippen LogP contribution is -2.50. The van der Waals surface area contributed by atoms with Gasteiger partial charge in [0.2, 0.25) is 5.91 Å². The van der Waals surface area contributed by atoms with Crippen molar-refractivity contribution in [3.8, 4) is 0 Å². The molecule has 0 bridgehead atoms. The fourth-order valence-corrected chi connectivity index (χ4v) is 1.94. The molecule has 1 aromatic rings. The van der Waals surface area contributed by atoms with E-state index in [2.05, 4.69) is 10.2 Å².